The van der Waals surface area contributed by atoms with E-state index in [0.29, 0.717) is 5.82 Å². The van der Waals surface area contributed by atoms with Crippen LogP contribution in [0.25, 0.3) is 0 Å². The van der Waals surface area contributed by atoms with E-state index < -0.39 is 10.8 Å². The monoisotopic (exact) mass is 291 g/mol. The summed E-state index contributed by atoms with van der Waals surface area (Å²) in [5.74, 6) is -0.186. The fraction of sp³-hybridized carbons (Fsp3) is 0.0769. The maximum atomic E-state index is 12.1. The molecule has 7 heteroatoms. The number of nitrogens with one attached hydrogen (secondary N) is 1. The largest absolute Gasteiger partial charge is 0.307 e. The highest BCUT2D eigenvalue weighted by Crippen LogP contribution is 2.23. The molecule has 0 aliphatic rings. The predicted octanol–water partition coefficient (Wildman–Crippen LogP) is 3.20. The minimum Gasteiger partial charge on any atom is -0.307 e. The van der Waals surface area contributed by atoms with Gasteiger partial charge in [-0.05, 0) is 30.7 Å². The fourth-order valence-corrected chi connectivity index (χ4v) is 1.79. The number of rotatable bonds is 3. The summed E-state index contributed by atoms with van der Waals surface area (Å²) < 4.78 is 0. The van der Waals surface area contributed by atoms with Crippen LogP contribution in [0.4, 0.5) is 11.5 Å². The Labute approximate surface area is 119 Å². The molecule has 1 N–H and O–H groups in total. The van der Waals surface area contributed by atoms with Gasteiger partial charge in [-0.25, -0.2) is 4.98 Å². The van der Waals surface area contributed by atoms with Gasteiger partial charge in [-0.2, -0.15) is 0 Å². The molecule has 0 spiro atoms. The van der Waals surface area contributed by atoms with Crippen molar-refractivity contribution in [3.8, 4) is 0 Å². The van der Waals surface area contributed by atoms with Crippen LogP contribution in [-0.2, 0) is 0 Å². The van der Waals surface area contributed by atoms with Gasteiger partial charge in [0.15, 0.2) is 0 Å². The van der Waals surface area contributed by atoms with Gasteiger partial charge in [0, 0.05) is 18.3 Å². The first-order valence-corrected chi connectivity index (χ1v) is 6.03. The highest BCUT2D eigenvalue weighted by molar-refractivity contribution is 6.34. The molecule has 0 fully saturated rings. The van der Waals surface area contributed by atoms with Crippen LogP contribution in [0, 0.1) is 17.0 Å². The summed E-state index contributed by atoms with van der Waals surface area (Å²) in [7, 11) is 0. The molecule has 0 saturated heterocycles. The number of aromatic nitrogens is 1. The molecule has 2 aromatic rings. The molecule has 0 saturated carbocycles. The van der Waals surface area contributed by atoms with Crippen LogP contribution in [0.2, 0.25) is 5.02 Å². The lowest BCUT2D eigenvalue weighted by Crippen LogP contribution is -2.13. The molecular weight excluding hydrogens is 282 g/mol. The number of carbonyl (C=O) groups is 1. The number of carbonyl (C=O) groups excluding carboxylic acids is 1. The van der Waals surface area contributed by atoms with Gasteiger partial charge < -0.3 is 5.32 Å². The minimum absolute atomic E-state index is 0.0316. The molecule has 0 bridgehead atoms. The first kappa shape index (κ1) is 14.0. The van der Waals surface area contributed by atoms with Gasteiger partial charge >= 0.3 is 0 Å². The molecule has 0 unspecified atom stereocenters. The molecule has 0 radical (unpaired) electrons. The van der Waals surface area contributed by atoms with Gasteiger partial charge in [0.25, 0.3) is 11.6 Å². The van der Waals surface area contributed by atoms with E-state index in [1.807, 2.05) is 6.92 Å². The first-order chi connectivity index (χ1) is 9.47. The number of hydrogen-bond acceptors (Lipinski definition) is 4. The zero-order chi connectivity index (χ0) is 14.7. The number of nitro benzene ring substituents is 1. The number of aryl methyl sites for hydroxylation is 1. The second kappa shape index (κ2) is 5.66. The van der Waals surface area contributed by atoms with Gasteiger partial charge in [0.05, 0.1) is 15.5 Å². The van der Waals surface area contributed by atoms with E-state index in [1.54, 1.807) is 18.3 Å². The van der Waals surface area contributed by atoms with Crippen molar-refractivity contribution in [1.29, 1.82) is 0 Å². The lowest BCUT2D eigenvalue weighted by Gasteiger charge is -2.06. The number of nitro groups is 1. The van der Waals surface area contributed by atoms with Crippen molar-refractivity contribution in [3.05, 3.63) is 62.8 Å². The molecule has 0 aliphatic carbocycles. The summed E-state index contributed by atoms with van der Waals surface area (Å²) in [5, 5.41) is 13.4. The normalized spacial score (nSPS) is 10.1. The van der Waals surface area contributed by atoms with E-state index in [4.69, 9.17) is 11.6 Å². The van der Waals surface area contributed by atoms with Gasteiger partial charge in [-0.15, -0.1) is 0 Å². The van der Waals surface area contributed by atoms with Crippen molar-refractivity contribution in [2.24, 2.45) is 0 Å². The number of anilines is 1. The summed E-state index contributed by atoms with van der Waals surface area (Å²) >= 11 is 5.89. The molecule has 20 heavy (non-hydrogen) atoms. The van der Waals surface area contributed by atoms with E-state index in [1.165, 1.54) is 12.1 Å². The molecule has 1 amide bonds. The Morgan fingerprint density at radius 3 is 2.75 bits per heavy atom. The zero-order valence-electron chi connectivity index (χ0n) is 10.5. The van der Waals surface area contributed by atoms with Crippen LogP contribution in [-0.4, -0.2) is 15.8 Å². The number of non-ortho nitro benzene ring substituents is 1. The van der Waals surface area contributed by atoms with Crippen LogP contribution >= 0.6 is 11.6 Å². The topological polar surface area (TPSA) is 85.1 Å². The van der Waals surface area contributed by atoms with E-state index in [0.717, 1.165) is 11.6 Å². The molecular formula is C13H10ClN3O3. The summed E-state index contributed by atoms with van der Waals surface area (Å²) in [6.07, 6.45) is 1.56. The van der Waals surface area contributed by atoms with E-state index in [9.17, 15) is 14.9 Å². The number of hydrogen-bond donors (Lipinski definition) is 1. The lowest BCUT2D eigenvalue weighted by atomic mass is 10.2. The highest BCUT2D eigenvalue weighted by atomic mass is 35.5. The van der Waals surface area contributed by atoms with Crippen LogP contribution in [0.3, 0.4) is 0 Å². The van der Waals surface area contributed by atoms with Crippen molar-refractivity contribution < 1.29 is 9.72 Å². The summed E-state index contributed by atoms with van der Waals surface area (Å²) in [6.45, 7) is 1.86. The SMILES string of the molecule is Cc1ccnc(NC(=O)c2cc([N+](=O)[O-])ccc2Cl)c1. The maximum absolute atomic E-state index is 12.1. The van der Waals surface area contributed by atoms with Crippen LogP contribution in [0.5, 0.6) is 0 Å². The van der Waals surface area contributed by atoms with Crippen LogP contribution < -0.4 is 5.32 Å². The molecule has 1 heterocycles. The number of nitrogens with zero attached hydrogens (tertiary/aromatic N) is 2. The summed E-state index contributed by atoms with van der Waals surface area (Å²) in [6, 6.07) is 7.16. The average molecular weight is 292 g/mol. The molecule has 6 nitrogen and oxygen atoms in total. The summed E-state index contributed by atoms with van der Waals surface area (Å²) in [4.78, 5) is 26.2. The van der Waals surface area contributed by atoms with Gasteiger partial charge in [-0.1, -0.05) is 11.6 Å². The van der Waals surface area contributed by atoms with E-state index in [-0.39, 0.29) is 16.3 Å². The van der Waals surface area contributed by atoms with Gasteiger partial charge in [0.1, 0.15) is 5.82 Å². The third-order valence-corrected chi connectivity index (χ3v) is 2.89. The van der Waals surface area contributed by atoms with Crippen molar-refractivity contribution in [2.45, 2.75) is 6.92 Å². The Morgan fingerprint density at radius 2 is 2.10 bits per heavy atom. The third kappa shape index (κ3) is 3.10. The Hall–Kier alpha value is -2.47. The standard InChI is InChI=1S/C13H10ClN3O3/c1-8-4-5-15-12(6-8)16-13(18)10-7-9(17(19)20)2-3-11(10)14/h2-7H,1H3,(H,15,16,18). The predicted molar refractivity (Wildman–Crippen MR) is 75.0 cm³/mol. The molecule has 1 aromatic heterocycles. The molecule has 102 valence electrons. The van der Waals surface area contributed by atoms with Crippen molar-refractivity contribution in [3.63, 3.8) is 0 Å². The second-order valence-corrected chi connectivity index (χ2v) is 4.50. The molecule has 0 aliphatic heterocycles. The van der Waals surface area contributed by atoms with Crippen LogP contribution in [0.1, 0.15) is 15.9 Å². The molecule has 2 rings (SSSR count). The van der Waals surface area contributed by atoms with Gasteiger partial charge in [-0.3, -0.25) is 14.9 Å². The number of pyridine rings is 1. The number of benzene rings is 1. The van der Waals surface area contributed by atoms with Crippen molar-refractivity contribution in [2.75, 3.05) is 5.32 Å². The Bertz CT molecular complexity index is 688. The second-order valence-electron chi connectivity index (χ2n) is 4.09. The fourth-order valence-electron chi connectivity index (χ4n) is 1.59. The van der Waals surface area contributed by atoms with Crippen LogP contribution in [0.15, 0.2) is 36.5 Å². The maximum Gasteiger partial charge on any atom is 0.270 e. The van der Waals surface area contributed by atoms with Gasteiger partial charge in [0.2, 0.25) is 0 Å². The quantitative estimate of drug-likeness (QED) is 0.695. The van der Waals surface area contributed by atoms with E-state index in [2.05, 4.69) is 10.3 Å². The Morgan fingerprint density at radius 1 is 1.35 bits per heavy atom. The smallest absolute Gasteiger partial charge is 0.270 e. The number of amides is 1. The highest BCUT2D eigenvalue weighted by Gasteiger charge is 2.16. The lowest BCUT2D eigenvalue weighted by molar-refractivity contribution is -0.384. The minimum atomic E-state index is -0.585. The summed E-state index contributed by atoms with van der Waals surface area (Å²) in [5.41, 5.74) is 0.765. The average Bonchev–Trinajstić information content (AvgIpc) is 2.38. The molecule has 1 aromatic carbocycles. The molecule has 0 atom stereocenters. The van der Waals surface area contributed by atoms with Crippen molar-refractivity contribution >= 4 is 29.0 Å². The number of halogens is 1. The van der Waals surface area contributed by atoms with E-state index >= 15 is 0 Å². The zero-order valence-corrected chi connectivity index (χ0v) is 11.2. The Balaban J connectivity index is 2.29. The Kier molecular flexibility index (Phi) is 3.95. The third-order valence-electron chi connectivity index (χ3n) is 2.56. The first-order valence-electron chi connectivity index (χ1n) is 5.65. The van der Waals surface area contributed by atoms with Crippen molar-refractivity contribution in [1.82, 2.24) is 4.98 Å².